The molecular weight excluding hydrogens is 309 g/mol. The number of aliphatic hydroxyl groups excluding tert-OH is 1. The fourth-order valence-electron chi connectivity index (χ4n) is 2.05. The fourth-order valence-corrected chi connectivity index (χ4v) is 2.05. The van der Waals surface area contributed by atoms with Gasteiger partial charge in [0.2, 0.25) is 0 Å². The van der Waals surface area contributed by atoms with E-state index in [4.69, 9.17) is 0 Å². The topological polar surface area (TPSA) is 61.4 Å². The van der Waals surface area contributed by atoms with Crippen molar-refractivity contribution in [3.05, 3.63) is 65.0 Å². The van der Waals surface area contributed by atoms with Gasteiger partial charge in [-0.15, -0.1) is 0 Å². The van der Waals surface area contributed by atoms with Crippen molar-refractivity contribution in [2.24, 2.45) is 0 Å². The van der Waals surface area contributed by atoms with Gasteiger partial charge in [0.25, 0.3) is 0 Å². The maximum atomic E-state index is 13.5. The predicted molar refractivity (Wildman–Crippen MR) is 79.5 cm³/mol. The summed E-state index contributed by atoms with van der Waals surface area (Å²) < 4.78 is 40.0. The summed E-state index contributed by atoms with van der Waals surface area (Å²) in [6.45, 7) is 1.23. The molecule has 0 spiro atoms. The zero-order valence-electron chi connectivity index (χ0n) is 12.2. The normalized spacial score (nSPS) is 11.9. The van der Waals surface area contributed by atoms with Crippen LogP contribution in [-0.2, 0) is 0 Å². The Balaban J connectivity index is 1.96. The van der Waals surface area contributed by atoms with Crippen LogP contribution in [0.4, 0.5) is 23.7 Å². The summed E-state index contributed by atoms with van der Waals surface area (Å²) in [6.07, 6.45) is -1.53. The van der Waals surface area contributed by atoms with E-state index in [1.54, 1.807) is 6.92 Å². The molecular formula is C16H15F3N2O2. The van der Waals surface area contributed by atoms with Gasteiger partial charge in [-0.25, -0.2) is 18.0 Å². The first-order chi connectivity index (χ1) is 10.9. The standard InChI is InChI=1S/C16H15F3N2O2/c1-9-7-10(17)5-6-13(9)21-16(23)20-8-14(22)15-11(18)3-2-4-12(15)19/h2-7,14,22H,8H2,1H3,(H2,20,21,23). The largest absolute Gasteiger partial charge is 0.386 e. The van der Waals surface area contributed by atoms with Crippen molar-refractivity contribution in [2.75, 3.05) is 11.9 Å². The number of benzene rings is 2. The lowest BCUT2D eigenvalue weighted by atomic mass is 10.1. The Morgan fingerprint density at radius 1 is 1.17 bits per heavy atom. The Morgan fingerprint density at radius 2 is 1.83 bits per heavy atom. The Labute approximate surface area is 131 Å². The van der Waals surface area contributed by atoms with Crippen LogP contribution in [0.5, 0.6) is 0 Å². The highest BCUT2D eigenvalue weighted by molar-refractivity contribution is 5.90. The van der Waals surface area contributed by atoms with Gasteiger partial charge in [0, 0.05) is 12.2 Å². The number of nitrogens with one attached hydrogen (secondary N) is 2. The zero-order valence-corrected chi connectivity index (χ0v) is 12.2. The minimum atomic E-state index is -1.53. The van der Waals surface area contributed by atoms with Gasteiger partial charge in [0.15, 0.2) is 0 Å². The molecule has 1 unspecified atom stereocenters. The lowest BCUT2D eigenvalue weighted by molar-refractivity contribution is 0.166. The number of rotatable bonds is 4. The molecule has 3 N–H and O–H groups in total. The van der Waals surface area contributed by atoms with Crippen LogP contribution in [0.2, 0.25) is 0 Å². The first-order valence-corrected chi connectivity index (χ1v) is 6.81. The molecule has 0 aliphatic carbocycles. The van der Waals surface area contributed by atoms with E-state index in [-0.39, 0.29) is 6.54 Å². The number of anilines is 1. The number of hydrogen-bond acceptors (Lipinski definition) is 2. The second-order valence-corrected chi connectivity index (χ2v) is 4.95. The molecule has 0 heterocycles. The van der Waals surface area contributed by atoms with E-state index in [9.17, 15) is 23.1 Å². The second-order valence-electron chi connectivity index (χ2n) is 4.95. The molecule has 2 rings (SSSR count). The summed E-state index contributed by atoms with van der Waals surface area (Å²) >= 11 is 0. The average molecular weight is 324 g/mol. The van der Waals surface area contributed by atoms with E-state index in [1.807, 2.05) is 0 Å². The van der Waals surface area contributed by atoms with Gasteiger partial charge in [-0.1, -0.05) is 6.07 Å². The van der Waals surface area contributed by atoms with Gasteiger partial charge in [-0.3, -0.25) is 0 Å². The summed E-state index contributed by atoms with van der Waals surface area (Å²) in [6, 6.07) is 6.35. The van der Waals surface area contributed by atoms with Gasteiger partial charge >= 0.3 is 6.03 Å². The first-order valence-electron chi connectivity index (χ1n) is 6.81. The minimum absolute atomic E-state index is 0.385. The highest BCUT2D eigenvalue weighted by Gasteiger charge is 2.18. The van der Waals surface area contributed by atoms with Crippen molar-refractivity contribution in [2.45, 2.75) is 13.0 Å². The zero-order chi connectivity index (χ0) is 17.0. The monoisotopic (exact) mass is 324 g/mol. The van der Waals surface area contributed by atoms with Crippen LogP contribution in [0.15, 0.2) is 36.4 Å². The number of carbonyl (C=O) groups excluding carboxylic acids is 1. The van der Waals surface area contributed by atoms with Crippen LogP contribution in [-0.4, -0.2) is 17.7 Å². The maximum Gasteiger partial charge on any atom is 0.319 e. The average Bonchev–Trinajstić information content (AvgIpc) is 2.48. The summed E-state index contributed by atoms with van der Waals surface area (Å²) in [5.74, 6) is -2.22. The predicted octanol–water partition coefficient (Wildman–Crippen LogP) is 3.27. The molecule has 1 atom stereocenters. The number of amides is 2. The smallest absolute Gasteiger partial charge is 0.319 e. The molecule has 0 aliphatic heterocycles. The summed E-state index contributed by atoms with van der Waals surface area (Å²) in [5.41, 5.74) is 0.391. The third kappa shape index (κ3) is 4.23. The summed E-state index contributed by atoms with van der Waals surface area (Å²) in [5, 5.41) is 14.6. The molecule has 4 nitrogen and oxygen atoms in total. The van der Waals surface area contributed by atoms with E-state index < -0.39 is 35.2 Å². The van der Waals surface area contributed by atoms with Crippen LogP contribution in [0.25, 0.3) is 0 Å². The molecule has 122 valence electrons. The van der Waals surface area contributed by atoms with Crippen molar-refractivity contribution in [3.63, 3.8) is 0 Å². The summed E-state index contributed by atoms with van der Waals surface area (Å²) in [7, 11) is 0. The molecule has 7 heteroatoms. The second kappa shape index (κ2) is 7.15. The third-order valence-electron chi connectivity index (χ3n) is 3.23. The third-order valence-corrected chi connectivity index (χ3v) is 3.23. The Morgan fingerprint density at radius 3 is 2.43 bits per heavy atom. The van der Waals surface area contributed by atoms with Gasteiger partial charge in [-0.05, 0) is 42.8 Å². The highest BCUT2D eigenvalue weighted by atomic mass is 19.1. The molecule has 23 heavy (non-hydrogen) atoms. The maximum absolute atomic E-state index is 13.5. The molecule has 2 aromatic carbocycles. The van der Waals surface area contributed by atoms with Crippen molar-refractivity contribution >= 4 is 11.7 Å². The van der Waals surface area contributed by atoms with Gasteiger partial charge < -0.3 is 15.7 Å². The lowest BCUT2D eigenvalue weighted by Gasteiger charge is -2.15. The van der Waals surface area contributed by atoms with Crippen LogP contribution < -0.4 is 10.6 Å². The van der Waals surface area contributed by atoms with Crippen molar-refractivity contribution in [3.8, 4) is 0 Å². The SMILES string of the molecule is Cc1cc(F)ccc1NC(=O)NCC(O)c1c(F)cccc1F. The van der Waals surface area contributed by atoms with Crippen LogP contribution in [0.3, 0.4) is 0 Å². The Kier molecular flexibility index (Phi) is 5.23. The molecule has 0 saturated heterocycles. The highest BCUT2D eigenvalue weighted by Crippen LogP contribution is 2.20. The molecule has 0 radical (unpaired) electrons. The molecule has 0 aliphatic rings. The van der Waals surface area contributed by atoms with Crippen molar-refractivity contribution < 1.29 is 23.1 Å². The quantitative estimate of drug-likeness (QED) is 0.808. The first kappa shape index (κ1) is 16.8. The molecule has 2 aromatic rings. The van der Waals surface area contributed by atoms with E-state index in [2.05, 4.69) is 10.6 Å². The Bertz CT molecular complexity index is 702. The van der Waals surface area contributed by atoms with E-state index in [0.717, 1.165) is 12.1 Å². The number of hydrogen-bond donors (Lipinski definition) is 3. The van der Waals surface area contributed by atoms with E-state index >= 15 is 0 Å². The van der Waals surface area contributed by atoms with Crippen LogP contribution >= 0.6 is 0 Å². The molecule has 0 saturated carbocycles. The van der Waals surface area contributed by atoms with Crippen LogP contribution in [0, 0.1) is 24.4 Å². The van der Waals surface area contributed by atoms with Crippen molar-refractivity contribution in [1.29, 1.82) is 0 Å². The van der Waals surface area contributed by atoms with E-state index in [1.165, 1.54) is 24.3 Å². The van der Waals surface area contributed by atoms with Gasteiger partial charge in [-0.2, -0.15) is 0 Å². The molecule has 0 bridgehead atoms. The van der Waals surface area contributed by atoms with Crippen molar-refractivity contribution in [1.82, 2.24) is 5.32 Å². The molecule has 2 amide bonds. The lowest BCUT2D eigenvalue weighted by Crippen LogP contribution is -2.33. The van der Waals surface area contributed by atoms with Crippen LogP contribution in [0.1, 0.15) is 17.2 Å². The number of halogens is 3. The van der Waals surface area contributed by atoms with Gasteiger partial charge in [0.1, 0.15) is 23.6 Å². The molecule has 0 fully saturated rings. The number of carbonyl (C=O) groups is 1. The number of aliphatic hydroxyl groups is 1. The minimum Gasteiger partial charge on any atom is -0.386 e. The van der Waals surface area contributed by atoms with E-state index in [0.29, 0.717) is 11.3 Å². The van der Waals surface area contributed by atoms with Gasteiger partial charge in [0.05, 0.1) is 5.56 Å². The number of urea groups is 1. The summed E-state index contributed by atoms with van der Waals surface area (Å²) in [4.78, 5) is 11.7. The fraction of sp³-hybridized carbons (Fsp3) is 0.188. The Hall–Kier alpha value is -2.54. The molecule has 0 aromatic heterocycles. The number of aryl methyl sites for hydroxylation is 1.